The molecule has 3 aromatic rings. The number of benzene rings is 2. The summed E-state index contributed by atoms with van der Waals surface area (Å²) < 4.78 is 13.4. The Balaban J connectivity index is 1.55. The summed E-state index contributed by atoms with van der Waals surface area (Å²) in [5.41, 5.74) is 3.30. The van der Waals surface area contributed by atoms with Crippen LogP contribution in [-0.4, -0.2) is 30.0 Å². The Kier molecular flexibility index (Phi) is 5.74. The summed E-state index contributed by atoms with van der Waals surface area (Å²) in [6.07, 6.45) is 2.46. The number of nitrogens with one attached hydrogen (secondary N) is 1. The zero-order valence-electron chi connectivity index (χ0n) is 17.3. The molecule has 0 saturated carbocycles. The average Bonchev–Trinajstić information content (AvgIpc) is 2.90. The van der Waals surface area contributed by atoms with Crippen molar-refractivity contribution in [1.82, 2.24) is 9.88 Å². The number of para-hydroxylation sites is 1. The van der Waals surface area contributed by atoms with Crippen LogP contribution in [0.2, 0.25) is 0 Å². The molecule has 0 spiro atoms. The van der Waals surface area contributed by atoms with Crippen LogP contribution in [0, 0.1) is 6.92 Å². The molecule has 6 heteroatoms. The molecule has 0 bridgehead atoms. The van der Waals surface area contributed by atoms with E-state index in [2.05, 4.69) is 5.32 Å². The van der Waals surface area contributed by atoms with Gasteiger partial charge in [0.2, 0.25) is 5.91 Å². The van der Waals surface area contributed by atoms with Gasteiger partial charge in [0.25, 0.3) is 0 Å². The van der Waals surface area contributed by atoms with Gasteiger partial charge in [0.15, 0.2) is 17.8 Å². The molecule has 0 aliphatic carbocycles. The number of hydrogen-bond acceptors (Lipinski definition) is 4. The fourth-order valence-electron chi connectivity index (χ4n) is 4.01. The van der Waals surface area contributed by atoms with Gasteiger partial charge in [0, 0.05) is 28.6 Å². The first-order valence-electron chi connectivity index (χ1n) is 10.3. The molecule has 0 saturated heterocycles. The van der Waals surface area contributed by atoms with Crippen LogP contribution >= 0.6 is 0 Å². The first-order chi connectivity index (χ1) is 14.6. The van der Waals surface area contributed by atoms with Crippen molar-refractivity contribution in [3.8, 4) is 11.5 Å². The van der Waals surface area contributed by atoms with Gasteiger partial charge in [-0.2, -0.15) is 0 Å². The zero-order chi connectivity index (χ0) is 21.1. The van der Waals surface area contributed by atoms with Gasteiger partial charge in [0.1, 0.15) is 6.54 Å². The van der Waals surface area contributed by atoms with E-state index in [1.54, 1.807) is 0 Å². The summed E-state index contributed by atoms with van der Waals surface area (Å²) in [4.78, 5) is 24.5. The standard InChI is InChI=1S/C24H26N2O4/c1-3-20(17-9-10-22-23(13-17)30-12-6-11-29-22)25-24(28)14-26-16(2)19(15-27)18-7-4-5-8-21(18)26/h4-5,7-10,13,15,20H,3,6,11-12,14H2,1-2H3,(H,25,28). The molecule has 1 atom stereocenters. The summed E-state index contributed by atoms with van der Waals surface area (Å²) in [5, 5.41) is 4.00. The molecular formula is C24H26N2O4. The highest BCUT2D eigenvalue weighted by molar-refractivity contribution is 6.00. The Morgan fingerprint density at radius 3 is 2.70 bits per heavy atom. The molecule has 1 unspecified atom stereocenters. The number of carbonyl (C=O) groups is 2. The van der Waals surface area contributed by atoms with Crippen LogP contribution in [0.3, 0.4) is 0 Å². The number of aromatic nitrogens is 1. The van der Waals surface area contributed by atoms with Gasteiger partial charge in [-0.1, -0.05) is 31.2 Å². The Morgan fingerprint density at radius 2 is 1.93 bits per heavy atom. The van der Waals surface area contributed by atoms with E-state index in [0.717, 1.165) is 52.8 Å². The van der Waals surface area contributed by atoms with E-state index >= 15 is 0 Å². The average molecular weight is 406 g/mol. The van der Waals surface area contributed by atoms with E-state index in [4.69, 9.17) is 9.47 Å². The minimum atomic E-state index is -0.137. The predicted octanol–water partition coefficient (Wildman–Crippen LogP) is 4.19. The van der Waals surface area contributed by atoms with Crippen LogP contribution in [-0.2, 0) is 11.3 Å². The van der Waals surface area contributed by atoms with E-state index in [0.29, 0.717) is 18.8 Å². The number of carbonyl (C=O) groups excluding carboxylic acids is 2. The number of hydrogen-bond donors (Lipinski definition) is 1. The van der Waals surface area contributed by atoms with Gasteiger partial charge in [-0.05, 0) is 37.1 Å². The van der Waals surface area contributed by atoms with Crippen LogP contribution in [0.1, 0.15) is 47.4 Å². The maximum atomic E-state index is 12.9. The van der Waals surface area contributed by atoms with Crippen molar-refractivity contribution >= 4 is 23.1 Å². The Labute approximate surface area is 175 Å². The summed E-state index contributed by atoms with van der Waals surface area (Å²) in [7, 11) is 0. The number of fused-ring (bicyclic) bond motifs is 2. The normalized spacial score (nSPS) is 14.2. The van der Waals surface area contributed by atoms with E-state index in [9.17, 15) is 9.59 Å². The third-order valence-corrected chi connectivity index (χ3v) is 5.62. The first-order valence-corrected chi connectivity index (χ1v) is 10.3. The van der Waals surface area contributed by atoms with Crippen molar-refractivity contribution in [1.29, 1.82) is 0 Å². The third-order valence-electron chi connectivity index (χ3n) is 5.62. The Hall–Kier alpha value is -3.28. The van der Waals surface area contributed by atoms with Gasteiger partial charge in [-0.3, -0.25) is 9.59 Å². The number of aldehydes is 1. The number of rotatable bonds is 6. The molecule has 2 heterocycles. The van der Waals surface area contributed by atoms with Crippen molar-refractivity contribution in [2.24, 2.45) is 0 Å². The van der Waals surface area contributed by atoms with Crippen molar-refractivity contribution in [2.45, 2.75) is 39.3 Å². The quantitative estimate of drug-likeness (QED) is 0.623. The Morgan fingerprint density at radius 1 is 1.17 bits per heavy atom. The molecule has 30 heavy (non-hydrogen) atoms. The maximum Gasteiger partial charge on any atom is 0.240 e. The summed E-state index contributed by atoms with van der Waals surface area (Å²) >= 11 is 0. The lowest BCUT2D eigenvalue weighted by molar-refractivity contribution is -0.122. The molecule has 1 amide bonds. The molecule has 6 nitrogen and oxygen atoms in total. The van der Waals surface area contributed by atoms with Crippen LogP contribution < -0.4 is 14.8 Å². The largest absolute Gasteiger partial charge is 0.490 e. The van der Waals surface area contributed by atoms with E-state index in [-0.39, 0.29) is 18.5 Å². The number of ether oxygens (including phenoxy) is 2. The number of nitrogens with zero attached hydrogens (tertiary/aromatic N) is 1. The zero-order valence-corrected chi connectivity index (χ0v) is 17.3. The number of amides is 1. The lowest BCUT2D eigenvalue weighted by atomic mass is 10.0. The minimum absolute atomic E-state index is 0.102. The summed E-state index contributed by atoms with van der Waals surface area (Å²) in [6, 6.07) is 13.4. The van der Waals surface area contributed by atoms with Crippen LogP contribution in [0.4, 0.5) is 0 Å². The second-order valence-corrected chi connectivity index (χ2v) is 7.51. The highest BCUT2D eigenvalue weighted by Gasteiger charge is 2.19. The molecule has 4 rings (SSSR count). The molecule has 1 aliphatic rings. The molecule has 1 N–H and O–H groups in total. The fourth-order valence-corrected chi connectivity index (χ4v) is 4.01. The highest BCUT2D eigenvalue weighted by atomic mass is 16.5. The summed E-state index contributed by atoms with van der Waals surface area (Å²) in [5.74, 6) is 1.36. The molecule has 0 radical (unpaired) electrons. The lowest BCUT2D eigenvalue weighted by Gasteiger charge is -2.20. The van der Waals surface area contributed by atoms with E-state index < -0.39 is 0 Å². The molecule has 0 fully saturated rings. The first kappa shape index (κ1) is 20.0. The predicted molar refractivity (Wildman–Crippen MR) is 115 cm³/mol. The monoisotopic (exact) mass is 406 g/mol. The molecule has 2 aromatic carbocycles. The van der Waals surface area contributed by atoms with Gasteiger partial charge >= 0.3 is 0 Å². The second kappa shape index (κ2) is 8.61. The maximum absolute atomic E-state index is 12.9. The van der Waals surface area contributed by atoms with Gasteiger partial charge < -0.3 is 19.4 Å². The lowest BCUT2D eigenvalue weighted by Crippen LogP contribution is -2.31. The minimum Gasteiger partial charge on any atom is -0.490 e. The summed E-state index contributed by atoms with van der Waals surface area (Å²) in [6.45, 7) is 5.33. The van der Waals surface area contributed by atoms with Crippen molar-refractivity contribution in [3.05, 3.63) is 59.3 Å². The molecule has 1 aliphatic heterocycles. The third kappa shape index (κ3) is 3.77. The van der Waals surface area contributed by atoms with Crippen molar-refractivity contribution in [3.63, 3.8) is 0 Å². The van der Waals surface area contributed by atoms with Crippen LogP contribution in [0.15, 0.2) is 42.5 Å². The van der Waals surface area contributed by atoms with Crippen molar-refractivity contribution in [2.75, 3.05) is 13.2 Å². The van der Waals surface area contributed by atoms with E-state index in [1.807, 2.05) is 60.9 Å². The van der Waals surface area contributed by atoms with Gasteiger partial charge in [-0.25, -0.2) is 0 Å². The molecule has 156 valence electrons. The van der Waals surface area contributed by atoms with Crippen molar-refractivity contribution < 1.29 is 19.1 Å². The second-order valence-electron chi connectivity index (χ2n) is 7.51. The smallest absolute Gasteiger partial charge is 0.240 e. The highest BCUT2D eigenvalue weighted by Crippen LogP contribution is 2.33. The SMILES string of the molecule is CCC(NC(=O)Cn1c(C)c(C=O)c2ccccc21)c1ccc2c(c1)OCCCO2. The van der Waals surface area contributed by atoms with Gasteiger partial charge in [-0.15, -0.1) is 0 Å². The molecular weight excluding hydrogens is 380 g/mol. The Bertz CT molecular complexity index is 1090. The van der Waals surface area contributed by atoms with Crippen LogP contribution in [0.25, 0.3) is 10.9 Å². The molecule has 1 aromatic heterocycles. The topological polar surface area (TPSA) is 69.6 Å². The van der Waals surface area contributed by atoms with Gasteiger partial charge in [0.05, 0.1) is 19.3 Å². The fraction of sp³-hybridized carbons (Fsp3) is 0.333. The van der Waals surface area contributed by atoms with E-state index in [1.165, 1.54) is 0 Å². The van der Waals surface area contributed by atoms with Crippen LogP contribution in [0.5, 0.6) is 11.5 Å².